The minimum atomic E-state index is 0.167. The van der Waals surface area contributed by atoms with Crippen molar-refractivity contribution in [3.8, 4) is 0 Å². The lowest BCUT2D eigenvalue weighted by molar-refractivity contribution is 0.228. The van der Waals surface area contributed by atoms with E-state index in [1.807, 2.05) is 24.5 Å². The number of hydrogen-bond donors (Lipinski definition) is 1. The predicted molar refractivity (Wildman–Crippen MR) is 74.1 cm³/mol. The summed E-state index contributed by atoms with van der Waals surface area (Å²) in [5, 5.41) is 1.85. The highest BCUT2D eigenvalue weighted by Crippen LogP contribution is 2.34. The molecule has 1 fully saturated rings. The summed E-state index contributed by atoms with van der Waals surface area (Å²) < 4.78 is 5.60. The third-order valence-electron chi connectivity index (χ3n) is 3.83. The first kappa shape index (κ1) is 12.0. The van der Waals surface area contributed by atoms with Crippen LogP contribution in [-0.4, -0.2) is 31.1 Å². The molecule has 0 amide bonds. The number of fused-ring (bicyclic) bond motifs is 1. The van der Waals surface area contributed by atoms with E-state index in [0.717, 1.165) is 30.5 Å². The van der Waals surface area contributed by atoms with Crippen molar-refractivity contribution in [3.63, 3.8) is 0 Å². The zero-order chi connectivity index (χ0) is 12.7. The molecule has 1 saturated heterocycles. The van der Waals surface area contributed by atoms with Gasteiger partial charge in [0.05, 0.1) is 6.26 Å². The first-order valence-electron chi connectivity index (χ1n) is 6.26. The molecule has 1 aliphatic heterocycles. The molecule has 0 spiro atoms. The lowest BCUT2D eigenvalue weighted by Crippen LogP contribution is -2.45. The maximum atomic E-state index is 6.27. The van der Waals surface area contributed by atoms with Crippen molar-refractivity contribution >= 4 is 22.6 Å². The number of piperidine rings is 1. The fraction of sp³-hybridized carbons (Fsp3) is 0.429. The molecule has 3 rings (SSSR count). The number of halogens is 1. The molecule has 2 unspecified atom stereocenters. The summed E-state index contributed by atoms with van der Waals surface area (Å²) in [6.45, 7) is 2.02. The molecule has 4 heteroatoms. The molecule has 18 heavy (non-hydrogen) atoms. The average molecular weight is 265 g/mol. The molecule has 3 nitrogen and oxygen atoms in total. The first-order valence-corrected chi connectivity index (χ1v) is 6.63. The zero-order valence-electron chi connectivity index (χ0n) is 10.4. The monoisotopic (exact) mass is 264 g/mol. The first-order chi connectivity index (χ1) is 8.65. The number of furan rings is 1. The van der Waals surface area contributed by atoms with E-state index in [9.17, 15) is 0 Å². The Kier molecular flexibility index (Phi) is 3.06. The summed E-state index contributed by atoms with van der Waals surface area (Å²) in [6, 6.07) is 5.96. The minimum absolute atomic E-state index is 0.167. The van der Waals surface area contributed by atoms with Crippen LogP contribution in [0, 0.1) is 0 Å². The van der Waals surface area contributed by atoms with E-state index in [1.54, 1.807) is 0 Å². The number of hydrogen-bond acceptors (Lipinski definition) is 3. The van der Waals surface area contributed by atoms with Crippen molar-refractivity contribution in [1.29, 1.82) is 0 Å². The smallest absolute Gasteiger partial charge is 0.135 e. The van der Waals surface area contributed by atoms with Gasteiger partial charge in [-0.15, -0.1) is 0 Å². The fourth-order valence-corrected chi connectivity index (χ4v) is 3.01. The molecule has 0 bridgehead atoms. The second-order valence-corrected chi connectivity index (χ2v) is 5.59. The standard InChI is InChI=1S/C14H17ClN2O/c1-17-5-4-10(13(16)7-17)12-8-18-14-6-9(15)2-3-11(12)14/h2-3,6,8,10,13H,4-5,7,16H2,1H3. The molecule has 0 saturated carbocycles. The van der Waals surface area contributed by atoms with Gasteiger partial charge in [-0.2, -0.15) is 0 Å². The van der Waals surface area contributed by atoms with Crippen LogP contribution in [0.15, 0.2) is 28.9 Å². The van der Waals surface area contributed by atoms with E-state index in [2.05, 4.69) is 11.9 Å². The Morgan fingerprint density at radius 1 is 1.44 bits per heavy atom. The van der Waals surface area contributed by atoms with Crippen molar-refractivity contribution in [2.75, 3.05) is 20.1 Å². The quantitative estimate of drug-likeness (QED) is 0.861. The van der Waals surface area contributed by atoms with E-state index in [-0.39, 0.29) is 6.04 Å². The van der Waals surface area contributed by atoms with Gasteiger partial charge < -0.3 is 15.1 Å². The highest BCUT2D eigenvalue weighted by atomic mass is 35.5. The van der Waals surface area contributed by atoms with Crippen LogP contribution in [0.1, 0.15) is 17.9 Å². The summed E-state index contributed by atoms with van der Waals surface area (Å²) in [4.78, 5) is 2.28. The van der Waals surface area contributed by atoms with Crippen LogP contribution >= 0.6 is 11.6 Å². The fourth-order valence-electron chi connectivity index (χ4n) is 2.85. The summed E-state index contributed by atoms with van der Waals surface area (Å²) in [5.41, 5.74) is 8.35. The molecular formula is C14H17ClN2O. The van der Waals surface area contributed by atoms with Crippen molar-refractivity contribution in [1.82, 2.24) is 4.90 Å². The molecule has 2 N–H and O–H groups in total. The average Bonchev–Trinajstić information content (AvgIpc) is 2.72. The highest BCUT2D eigenvalue weighted by Gasteiger charge is 2.28. The lowest BCUT2D eigenvalue weighted by atomic mass is 9.86. The van der Waals surface area contributed by atoms with Gasteiger partial charge in [0.1, 0.15) is 5.58 Å². The topological polar surface area (TPSA) is 42.4 Å². The van der Waals surface area contributed by atoms with E-state index in [4.69, 9.17) is 21.8 Å². The van der Waals surface area contributed by atoms with Crippen LogP contribution in [0.4, 0.5) is 0 Å². The van der Waals surface area contributed by atoms with E-state index in [0.29, 0.717) is 10.9 Å². The molecule has 1 aromatic heterocycles. The third kappa shape index (κ3) is 2.03. The molecule has 2 atom stereocenters. The number of nitrogens with zero attached hydrogens (tertiary/aromatic N) is 1. The number of likely N-dealkylation sites (tertiary alicyclic amines) is 1. The van der Waals surface area contributed by atoms with Crippen LogP contribution < -0.4 is 5.73 Å². The Morgan fingerprint density at radius 2 is 2.28 bits per heavy atom. The lowest BCUT2D eigenvalue weighted by Gasteiger charge is -2.34. The Hall–Kier alpha value is -1.03. The highest BCUT2D eigenvalue weighted by molar-refractivity contribution is 6.31. The third-order valence-corrected chi connectivity index (χ3v) is 4.06. The van der Waals surface area contributed by atoms with Gasteiger partial charge in [-0.1, -0.05) is 11.6 Å². The SMILES string of the molecule is CN1CCC(c2coc3cc(Cl)ccc23)C(N)C1. The van der Waals surface area contributed by atoms with E-state index >= 15 is 0 Å². The largest absolute Gasteiger partial charge is 0.464 e. The second kappa shape index (κ2) is 4.57. The zero-order valence-corrected chi connectivity index (χ0v) is 11.2. The number of likely N-dealkylation sites (N-methyl/N-ethyl adjacent to an activating group) is 1. The van der Waals surface area contributed by atoms with Crippen LogP contribution in [0.25, 0.3) is 11.0 Å². The summed E-state index contributed by atoms with van der Waals surface area (Å²) >= 11 is 5.97. The Morgan fingerprint density at radius 3 is 3.06 bits per heavy atom. The van der Waals surface area contributed by atoms with Crippen molar-refractivity contribution in [3.05, 3.63) is 35.0 Å². The Balaban J connectivity index is 1.99. The van der Waals surface area contributed by atoms with Gasteiger partial charge in [-0.25, -0.2) is 0 Å². The molecule has 96 valence electrons. The van der Waals surface area contributed by atoms with Crippen LogP contribution in [0.2, 0.25) is 5.02 Å². The summed E-state index contributed by atoms with van der Waals surface area (Å²) in [5.74, 6) is 0.378. The van der Waals surface area contributed by atoms with E-state index in [1.165, 1.54) is 5.56 Å². The molecule has 2 aromatic rings. The van der Waals surface area contributed by atoms with Crippen LogP contribution in [0.3, 0.4) is 0 Å². The second-order valence-electron chi connectivity index (χ2n) is 5.15. The van der Waals surface area contributed by atoms with Crippen molar-refractivity contribution < 1.29 is 4.42 Å². The molecule has 0 radical (unpaired) electrons. The molecular weight excluding hydrogens is 248 g/mol. The van der Waals surface area contributed by atoms with E-state index < -0.39 is 0 Å². The normalized spacial score (nSPS) is 25.7. The molecule has 1 aromatic carbocycles. The molecule has 1 aliphatic rings. The van der Waals surface area contributed by atoms with Gasteiger partial charge in [0.25, 0.3) is 0 Å². The van der Waals surface area contributed by atoms with Gasteiger partial charge in [-0.05, 0) is 38.2 Å². The number of rotatable bonds is 1. The number of benzene rings is 1. The van der Waals surface area contributed by atoms with Gasteiger partial charge in [0, 0.05) is 34.5 Å². The Labute approximate surface area is 111 Å². The van der Waals surface area contributed by atoms with Crippen LogP contribution in [-0.2, 0) is 0 Å². The maximum absolute atomic E-state index is 6.27. The molecule has 2 heterocycles. The van der Waals surface area contributed by atoms with Gasteiger partial charge >= 0.3 is 0 Å². The summed E-state index contributed by atoms with van der Waals surface area (Å²) in [6.07, 6.45) is 2.92. The number of nitrogens with two attached hydrogens (primary N) is 1. The minimum Gasteiger partial charge on any atom is -0.464 e. The van der Waals surface area contributed by atoms with Gasteiger partial charge in [-0.3, -0.25) is 0 Å². The predicted octanol–water partition coefficient (Wildman–Crippen LogP) is 2.83. The van der Waals surface area contributed by atoms with Gasteiger partial charge in [0.15, 0.2) is 0 Å². The van der Waals surface area contributed by atoms with Crippen molar-refractivity contribution in [2.24, 2.45) is 5.73 Å². The molecule has 0 aliphatic carbocycles. The maximum Gasteiger partial charge on any atom is 0.135 e. The summed E-state index contributed by atoms with van der Waals surface area (Å²) in [7, 11) is 2.11. The van der Waals surface area contributed by atoms with Crippen molar-refractivity contribution in [2.45, 2.75) is 18.4 Å². The Bertz CT molecular complexity index is 566. The van der Waals surface area contributed by atoms with Crippen LogP contribution in [0.5, 0.6) is 0 Å². The van der Waals surface area contributed by atoms with Gasteiger partial charge in [0.2, 0.25) is 0 Å².